The summed E-state index contributed by atoms with van der Waals surface area (Å²) in [7, 11) is 0. The number of aliphatic hydroxyl groups excluding tert-OH is 1. The Morgan fingerprint density at radius 3 is 2.82 bits per heavy atom. The van der Waals surface area contributed by atoms with Crippen LogP contribution >= 0.6 is 0 Å². The maximum Gasteiger partial charge on any atom is 0.137 e. The molecule has 3 nitrogen and oxygen atoms in total. The minimum atomic E-state index is 0.0685. The van der Waals surface area contributed by atoms with E-state index in [9.17, 15) is 5.11 Å². The molecule has 17 heavy (non-hydrogen) atoms. The van der Waals surface area contributed by atoms with Gasteiger partial charge in [0.15, 0.2) is 0 Å². The fraction of sp³-hybridized carbons (Fsp3) is 0.214. The Bertz CT molecular complexity index is 713. The first-order chi connectivity index (χ1) is 8.19. The van der Waals surface area contributed by atoms with Crippen molar-refractivity contribution in [2.24, 2.45) is 0 Å². The van der Waals surface area contributed by atoms with Crippen molar-refractivity contribution in [3.63, 3.8) is 0 Å². The van der Waals surface area contributed by atoms with Crippen LogP contribution in [0.15, 0.2) is 30.5 Å². The average molecular weight is 226 g/mol. The molecule has 0 fully saturated rings. The van der Waals surface area contributed by atoms with Gasteiger partial charge in [-0.2, -0.15) is 0 Å². The first kappa shape index (κ1) is 10.3. The van der Waals surface area contributed by atoms with Gasteiger partial charge < -0.3 is 5.11 Å². The lowest BCUT2D eigenvalue weighted by atomic mass is 10.1. The second-order valence-electron chi connectivity index (χ2n) is 4.45. The second kappa shape index (κ2) is 3.57. The van der Waals surface area contributed by atoms with Crippen LogP contribution in [-0.2, 0) is 6.61 Å². The molecule has 0 unspecified atom stereocenters. The van der Waals surface area contributed by atoms with Gasteiger partial charge in [-0.3, -0.25) is 4.40 Å². The van der Waals surface area contributed by atoms with E-state index in [-0.39, 0.29) is 6.61 Å². The lowest BCUT2D eigenvalue weighted by Crippen LogP contribution is -1.92. The molecule has 2 aromatic heterocycles. The summed E-state index contributed by atoms with van der Waals surface area (Å²) in [4.78, 5) is 4.48. The molecule has 0 radical (unpaired) electrons. The standard InChI is InChI=1S/C14H14N2O/c1-9-5-14-15-10(2)7-16(14)13-6-11(8-17)3-4-12(9)13/h3-7,17H,8H2,1-2H3. The second-order valence-corrected chi connectivity index (χ2v) is 4.45. The Hall–Kier alpha value is -1.87. The van der Waals surface area contributed by atoms with Crippen molar-refractivity contribution in [1.29, 1.82) is 0 Å². The minimum absolute atomic E-state index is 0.0685. The molecule has 0 amide bonds. The number of benzene rings is 1. The number of aryl methyl sites for hydroxylation is 2. The van der Waals surface area contributed by atoms with Crippen LogP contribution in [0.1, 0.15) is 16.8 Å². The van der Waals surface area contributed by atoms with E-state index in [2.05, 4.69) is 28.4 Å². The Morgan fingerprint density at radius 1 is 1.24 bits per heavy atom. The molecule has 3 aromatic rings. The number of rotatable bonds is 1. The normalized spacial score (nSPS) is 11.5. The molecule has 0 aliphatic rings. The molecule has 0 saturated heterocycles. The number of hydrogen-bond donors (Lipinski definition) is 1. The third kappa shape index (κ3) is 1.51. The molecule has 0 atom stereocenters. The Kier molecular flexibility index (Phi) is 2.16. The van der Waals surface area contributed by atoms with E-state index in [1.165, 1.54) is 10.9 Å². The summed E-state index contributed by atoms with van der Waals surface area (Å²) in [5.74, 6) is 0. The molecule has 0 spiro atoms. The summed E-state index contributed by atoms with van der Waals surface area (Å²) in [6.45, 7) is 4.15. The zero-order valence-electron chi connectivity index (χ0n) is 9.94. The maximum absolute atomic E-state index is 9.22. The van der Waals surface area contributed by atoms with Gasteiger partial charge in [-0.25, -0.2) is 4.98 Å². The number of nitrogens with zero attached hydrogens (tertiary/aromatic N) is 2. The fourth-order valence-electron chi connectivity index (χ4n) is 2.29. The summed E-state index contributed by atoms with van der Waals surface area (Å²) in [6.07, 6.45) is 2.03. The Balaban J connectivity index is 2.51. The van der Waals surface area contributed by atoms with Crippen LogP contribution in [0, 0.1) is 13.8 Å². The van der Waals surface area contributed by atoms with Gasteiger partial charge in [-0.15, -0.1) is 0 Å². The van der Waals surface area contributed by atoms with Crippen molar-refractivity contribution in [2.75, 3.05) is 0 Å². The van der Waals surface area contributed by atoms with Crippen LogP contribution in [-0.4, -0.2) is 14.5 Å². The molecular weight excluding hydrogens is 212 g/mol. The molecule has 0 bridgehead atoms. The lowest BCUT2D eigenvalue weighted by Gasteiger charge is -2.07. The number of imidazole rings is 1. The van der Waals surface area contributed by atoms with Crippen molar-refractivity contribution >= 4 is 16.6 Å². The summed E-state index contributed by atoms with van der Waals surface area (Å²) < 4.78 is 2.08. The summed E-state index contributed by atoms with van der Waals surface area (Å²) in [6, 6.07) is 8.14. The van der Waals surface area contributed by atoms with Gasteiger partial charge in [0.1, 0.15) is 5.65 Å². The molecule has 2 heterocycles. The smallest absolute Gasteiger partial charge is 0.137 e. The maximum atomic E-state index is 9.22. The fourth-order valence-corrected chi connectivity index (χ4v) is 2.29. The van der Waals surface area contributed by atoms with Crippen LogP contribution in [0.4, 0.5) is 0 Å². The van der Waals surface area contributed by atoms with E-state index in [1.807, 2.05) is 25.3 Å². The topological polar surface area (TPSA) is 37.5 Å². The van der Waals surface area contributed by atoms with E-state index < -0.39 is 0 Å². The van der Waals surface area contributed by atoms with Crippen molar-refractivity contribution in [3.05, 3.63) is 47.3 Å². The van der Waals surface area contributed by atoms with Gasteiger partial charge in [-0.1, -0.05) is 12.1 Å². The Morgan fingerprint density at radius 2 is 2.06 bits per heavy atom. The van der Waals surface area contributed by atoms with Gasteiger partial charge in [0.25, 0.3) is 0 Å². The van der Waals surface area contributed by atoms with Gasteiger partial charge in [-0.05, 0) is 37.1 Å². The molecule has 86 valence electrons. The first-order valence-electron chi connectivity index (χ1n) is 5.68. The van der Waals surface area contributed by atoms with Crippen LogP contribution in [0.3, 0.4) is 0 Å². The predicted molar refractivity (Wildman–Crippen MR) is 68.1 cm³/mol. The lowest BCUT2D eigenvalue weighted by molar-refractivity contribution is 0.282. The monoisotopic (exact) mass is 226 g/mol. The summed E-state index contributed by atoms with van der Waals surface area (Å²) in [5.41, 5.74) is 5.21. The summed E-state index contributed by atoms with van der Waals surface area (Å²) >= 11 is 0. The van der Waals surface area contributed by atoms with Gasteiger partial charge >= 0.3 is 0 Å². The highest BCUT2D eigenvalue weighted by molar-refractivity contribution is 5.86. The molecule has 1 N–H and O–H groups in total. The van der Waals surface area contributed by atoms with E-state index in [0.717, 1.165) is 22.4 Å². The van der Waals surface area contributed by atoms with E-state index in [0.29, 0.717) is 0 Å². The van der Waals surface area contributed by atoms with Crippen molar-refractivity contribution in [3.8, 4) is 0 Å². The van der Waals surface area contributed by atoms with Crippen molar-refractivity contribution in [2.45, 2.75) is 20.5 Å². The van der Waals surface area contributed by atoms with E-state index in [1.54, 1.807) is 0 Å². The largest absolute Gasteiger partial charge is 0.392 e. The molecular formula is C14H14N2O. The van der Waals surface area contributed by atoms with E-state index >= 15 is 0 Å². The highest BCUT2D eigenvalue weighted by Gasteiger charge is 2.06. The molecule has 0 aliphatic carbocycles. The zero-order valence-corrected chi connectivity index (χ0v) is 9.94. The van der Waals surface area contributed by atoms with E-state index in [4.69, 9.17) is 0 Å². The molecule has 0 saturated carbocycles. The van der Waals surface area contributed by atoms with Crippen LogP contribution in [0.5, 0.6) is 0 Å². The van der Waals surface area contributed by atoms with Gasteiger partial charge in [0.2, 0.25) is 0 Å². The molecule has 3 heteroatoms. The van der Waals surface area contributed by atoms with Crippen LogP contribution in [0.2, 0.25) is 0 Å². The quantitative estimate of drug-likeness (QED) is 0.692. The minimum Gasteiger partial charge on any atom is -0.392 e. The van der Waals surface area contributed by atoms with Crippen LogP contribution in [0.25, 0.3) is 16.6 Å². The van der Waals surface area contributed by atoms with Crippen molar-refractivity contribution in [1.82, 2.24) is 9.38 Å². The van der Waals surface area contributed by atoms with Gasteiger partial charge in [0, 0.05) is 11.6 Å². The highest BCUT2D eigenvalue weighted by Crippen LogP contribution is 2.22. The van der Waals surface area contributed by atoms with Crippen molar-refractivity contribution < 1.29 is 5.11 Å². The molecule has 0 aliphatic heterocycles. The summed E-state index contributed by atoms with van der Waals surface area (Å²) in [5, 5.41) is 10.4. The number of hydrogen-bond acceptors (Lipinski definition) is 2. The predicted octanol–water partition coefficient (Wildman–Crippen LogP) is 2.60. The first-order valence-corrected chi connectivity index (χ1v) is 5.68. The van der Waals surface area contributed by atoms with Crippen LogP contribution < -0.4 is 0 Å². The zero-order chi connectivity index (χ0) is 12.0. The Labute approximate surface area is 99.3 Å². The van der Waals surface area contributed by atoms with Gasteiger partial charge in [0.05, 0.1) is 17.8 Å². The number of pyridine rings is 1. The average Bonchev–Trinajstić information content (AvgIpc) is 2.69. The highest BCUT2D eigenvalue weighted by atomic mass is 16.3. The third-order valence-electron chi connectivity index (χ3n) is 3.13. The number of aromatic nitrogens is 2. The molecule has 3 rings (SSSR count). The molecule has 1 aromatic carbocycles. The number of aliphatic hydroxyl groups is 1. The number of fused-ring (bicyclic) bond motifs is 3. The third-order valence-corrected chi connectivity index (χ3v) is 3.13. The SMILES string of the molecule is Cc1cn2c(cc(C)c3ccc(CO)cc32)n1.